The van der Waals surface area contributed by atoms with Crippen LogP contribution in [-0.2, 0) is 9.47 Å². The van der Waals surface area contributed by atoms with Crippen molar-refractivity contribution >= 4 is 12.4 Å². The van der Waals surface area contributed by atoms with Crippen molar-refractivity contribution in [1.82, 2.24) is 0 Å². The number of allylic oxidation sites excluding steroid dienone is 1. The summed E-state index contributed by atoms with van der Waals surface area (Å²) in [6.45, 7) is 1.10. The molecule has 4 nitrogen and oxygen atoms in total. The van der Waals surface area contributed by atoms with E-state index in [0.29, 0.717) is 13.3 Å². The van der Waals surface area contributed by atoms with Gasteiger partial charge >= 0.3 is 0 Å². The molecule has 0 N–H and O–H groups in total. The van der Waals surface area contributed by atoms with Crippen LogP contribution in [0.15, 0.2) is 34.8 Å². The summed E-state index contributed by atoms with van der Waals surface area (Å²) in [6.07, 6.45) is 9.98. The molecule has 0 aromatic rings. The summed E-state index contributed by atoms with van der Waals surface area (Å²) in [5.74, 6) is 0. The molecule has 0 bridgehead atoms. The van der Waals surface area contributed by atoms with E-state index in [1.165, 1.54) is 0 Å². The molecule has 0 saturated carbocycles. The Hall–Kier alpha value is -1.58. The standard InChI is InChI=1S/2C4H5NO/c1-3-6-4-2-5-1;1-2-5-4-6-3-1/h2*1-3H,4H2. The lowest BCUT2D eigenvalue weighted by atomic mass is 10.7. The molecule has 64 valence electrons. The van der Waals surface area contributed by atoms with Crippen LogP contribution >= 0.6 is 0 Å². The summed E-state index contributed by atoms with van der Waals surface area (Å²) in [7, 11) is 0. The molecule has 0 atom stereocenters. The lowest BCUT2D eigenvalue weighted by molar-refractivity contribution is 0.259. The van der Waals surface area contributed by atoms with Gasteiger partial charge in [0.25, 0.3) is 0 Å². The van der Waals surface area contributed by atoms with Gasteiger partial charge in [-0.25, -0.2) is 0 Å². The second kappa shape index (κ2) is 6.15. The van der Waals surface area contributed by atoms with Crippen molar-refractivity contribution in [2.75, 3.05) is 13.3 Å². The van der Waals surface area contributed by atoms with Crippen LogP contribution in [0.3, 0.4) is 0 Å². The molecule has 0 unspecified atom stereocenters. The molecule has 2 rings (SSSR count). The van der Waals surface area contributed by atoms with Crippen molar-refractivity contribution < 1.29 is 9.47 Å². The Morgan fingerprint density at radius 3 is 2.33 bits per heavy atom. The average molecular weight is 166 g/mol. The van der Waals surface area contributed by atoms with Gasteiger partial charge in [-0.3, -0.25) is 9.98 Å². The Morgan fingerprint density at radius 2 is 2.17 bits per heavy atom. The summed E-state index contributed by atoms with van der Waals surface area (Å²) in [5, 5.41) is 0. The molecule has 2 aliphatic heterocycles. The van der Waals surface area contributed by atoms with Gasteiger partial charge < -0.3 is 9.47 Å². The Bertz CT molecular complexity index is 171. The predicted molar refractivity (Wildman–Crippen MR) is 47.2 cm³/mol. The molecule has 0 aliphatic carbocycles. The highest BCUT2D eigenvalue weighted by atomic mass is 16.5. The van der Waals surface area contributed by atoms with Crippen molar-refractivity contribution in [2.45, 2.75) is 0 Å². The summed E-state index contributed by atoms with van der Waals surface area (Å²) < 4.78 is 9.43. The number of hydrogen-bond donors (Lipinski definition) is 0. The van der Waals surface area contributed by atoms with Gasteiger partial charge in [-0.05, 0) is 6.08 Å². The Morgan fingerprint density at radius 1 is 1.17 bits per heavy atom. The molecule has 0 saturated heterocycles. The highest BCUT2D eigenvalue weighted by Crippen LogP contribution is 1.82. The van der Waals surface area contributed by atoms with Crippen molar-refractivity contribution in [3.63, 3.8) is 0 Å². The molecule has 0 aromatic carbocycles. The minimum atomic E-state index is 0.483. The highest BCUT2D eigenvalue weighted by molar-refractivity contribution is 5.70. The molecular weight excluding hydrogens is 156 g/mol. The van der Waals surface area contributed by atoms with E-state index in [0.717, 1.165) is 0 Å². The maximum atomic E-state index is 4.74. The fraction of sp³-hybridized carbons (Fsp3) is 0.250. The van der Waals surface area contributed by atoms with E-state index in [1.807, 2.05) is 0 Å². The van der Waals surface area contributed by atoms with Gasteiger partial charge in [0, 0.05) is 12.4 Å². The first kappa shape index (κ1) is 8.52. The summed E-state index contributed by atoms with van der Waals surface area (Å²) in [6, 6.07) is 0. The van der Waals surface area contributed by atoms with Crippen molar-refractivity contribution in [2.24, 2.45) is 9.98 Å². The number of ether oxygens (including phenoxy) is 2. The zero-order chi connectivity index (χ0) is 8.49. The van der Waals surface area contributed by atoms with Gasteiger partial charge in [0.2, 0.25) is 0 Å². The normalized spacial score (nSPS) is 17.3. The van der Waals surface area contributed by atoms with E-state index < -0.39 is 0 Å². The van der Waals surface area contributed by atoms with Crippen LogP contribution < -0.4 is 0 Å². The van der Waals surface area contributed by atoms with Gasteiger partial charge in [0.05, 0.1) is 12.5 Å². The largest absolute Gasteiger partial charge is 0.494 e. The van der Waals surface area contributed by atoms with E-state index in [2.05, 4.69) is 9.98 Å². The molecule has 0 amide bonds. The van der Waals surface area contributed by atoms with E-state index >= 15 is 0 Å². The van der Waals surface area contributed by atoms with Gasteiger partial charge in [-0.2, -0.15) is 0 Å². The van der Waals surface area contributed by atoms with Crippen LogP contribution in [0.2, 0.25) is 0 Å². The molecular formula is C8H10N2O2. The highest BCUT2D eigenvalue weighted by Gasteiger charge is 1.76. The van der Waals surface area contributed by atoms with E-state index in [9.17, 15) is 0 Å². The van der Waals surface area contributed by atoms with Crippen molar-refractivity contribution in [1.29, 1.82) is 0 Å². The number of aliphatic imine (C=N–C) groups is 2. The molecule has 0 radical (unpaired) electrons. The van der Waals surface area contributed by atoms with Crippen molar-refractivity contribution in [3.05, 3.63) is 24.8 Å². The first-order valence-corrected chi connectivity index (χ1v) is 3.55. The zero-order valence-corrected chi connectivity index (χ0v) is 6.59. The molecule has 4 heteroatoms. The first-order valence-electron chi connectivity index (χ1n) is 3.55. The molecule has 0 fully saturated rings. The number of rotatable bonds is 0. The molecule has 2 aliphatic rings. The van der Waals surface area contributed by atoms with Crippen LogP contribution in [0.25, 0.3) is 0 Å². The van der Waals surface area contributed by atoms with Gasteiger partial charge in [-0.15, -0.1) is 0 Å². The zero-order valence-electron chi connectivity index (χ0n) is 6.59. The van der Waals surface area contributed by atoms with Crippen LogP contribution in [0.5, 0.6) is 0 Å². The molecule has 0 aromatic heterocycles. The van der Waals surface area contributed by atoms with Gasteiger partial charge in [-0.1, -0.05) is 0 Å². The topological polar surface area (TPSA) is 43.2 Å². The molecule has 0 spiro atoms. The van der Waals surface area contributed by atoms with E-state index in [4.69, 9.17) is 9.47 Å². The lowest BCUT2D eigenvalue weighted by Crippen LogP contribution is -1.90. The number of nitrogens with zero attached hydrogens (tertiary/aromatic N) is 2. The maximum Gasteiger partial charge on any atom is 0.178 e. The maximum absolute atomic E-state index is 4.74. The van der Waals surface area contributed by atoms with Crippen LogP contribution in [0.4, 0.5) is 0 Å². The number of hydrogen-bond acceptors (Lipinski definition) is 4. The van der Waals surface area contributed by atoms with Gasteiger partial charge in [0.15, 0.2) is 6.73 Å². The SMILES string of the molecule is C1=COCC=N1.C1=COCN=C1. The molecule has 12 heavy (non-hydrogen) atoms. The second-order valence-corrected chi connectivity index (χ2v) is 1.91. The van der Waals surface area contributed by atoms with Gasteiger partial charge in [0.1, 0.15) is 12.9 Å². The predicted octanol–water partition coefficient (Wildman–Crippen LogP) is 1.12. The first-order chi connectivity index (χ1) is 6.00. The smallest absolute Gasteiger partial charge is 0.178 e. The van der Waals surface area contributed by atoms with Crippen LogP contribution in [0, 0.1) is 0 Å². The average Bonchev–Trinajstić information content (AvgIpc) is 2.24. The summed E-state index contributed by atoms with van der Waals surface area (Å²) in [4.78, 5) is 7.49. The third-order valence-electron chi connectivity index (χ3n) is 1.03. The van der Waals surface area contributed by atoms with Crippen LogP contribution in [0.1, 0.15) is 0 Å². The Labute approximate surface area is 70.9 Å². The molecule has 2 heterocycles. The lowest BCUT2D eigenvalue weighted by Gasteiger charge is -1.94. The third-order valence-corrected chi connectivity index (χ3v) is 1.03. The van der Waals surface area contributed by atoms with E-state index in [1.54, 1.807) is 37.2 Å². The van der Waals surface area contributed by atoms with Crippen molar-refractivity contribution in [3.8, 4) is 0 Å². The fourth-order valence-corrected chi connectivity index (χ4v) is 0.561. The minimum Gasteiger partial charge on any atom is -0.494 e. The van der Waals surface area contributed by atoms with E-state index in [-0.39, 0.29) is 0 Å². The Balaban J connectivity index is 0.000000120. The minimum absolute atomic E-state index is 0.483. The third kappa shape index (κ3) is 4.27. The monoisotopic (exact) mass is 166 g/mol. The quantitative estimate of drug-likeness (QED) is 0.541. The second-order valence-electron chi connectivity index (χ2n) is 1.91. The van der Waals surface area contributed by atoms with Crippen LogP contribution in [-0.4, -0.2) is 25.8 Å². The summed E-state index contributed by atoms with van der Waals surface area (Å²) in [5.41, 5.74) is 0. The Kier molecular flexibility index (Phi) is 4.37. The fourth-order valence-electron chi connectivity index (χ4n) is 0.561. The summed E-state index contributed by atoms with van der Waals surface area (Å²) >= 11 is 0.